The van der Waals surface area contributed by atoms with Crippen molar-refractivity contribution in [3.8, 4) is 0 Å². The van der Waals surface area contributed by atoms with E-state index in [9.17, 15) is 35.1 Å². The highest BCUT2D eigenvalue weighted by atomic mass is 16.6. The molecule has 11 nitrogen and oxygen atoms in total. The fraction of sp³-hybridized carbons (Fsp3) is 0.125. The average Bonchev–Trinajstić information content (AvgIpc) is 2.35. The summed E-state index contributed by atoms with van der Waals surface area (Å²) in [4.78, 5) is 40.4. The van der Waals surface area contributed by atoms with Crippen molar-refractivity contribution in [2.24, 2.45) is 0 Å². The van der Waals surface area contributed by atoms with Crippen molar-refractivity contribution in [3.05, 3.63) is 42.5 Å². The molecule has 0 bridgehead atoms. The first-order chi connectivity index (χ1) is 8.79. The molecule has 11 heteroatoms. The first-order valence-corrected chi connectivity index (χ1v) is 4.59. The van der Waals surface area contributed by atoms with Crippen LogP contribution in [-0.4, -0.2) is 28.2 Å². The number of nitrogens with zero attached hydrogens (tertiary/aromatic N) is 4. The maximum absolute atomic E-state index is 10.8. The van der Waals surface area contributed by atoms with E-state index in [-0.39, 0.29) is 6.41 Å². The van der Waals surface area contributed by atoms with E-state index >= 15 is 0 Å². The maximum atomic E-state index is 10.8. The number of nitro benzene ring substituents is 3. The minimum atomic E-state index is -1.03. The Hall–Kier alpha value is -3.11. The molecule has 19 heavy (non-hydrogen) atoms. The van der Waals surface area contributed by atoms with Gasteiger partial charge in [0.25, 0.3) is 5.69 Å². The number of amides is 1. The van der Waals surface area contributed by atoms with E-state index in [1.54, 1.807) is 0 Å². The average molecular weight is 270 g/mol. The Labute approximate surface area is 104 Å². The molecule has 0 aliphatic heterocycles. The lowest BCUT2D eigenvalue weighted by molar-refractivity contribution is -0.402. The summed E-state index contributed by atoms with van der Waals surface area (Å²) >= 11 is 0. The summed E-state index contributed by atoms with van der Waals surface area (Å²) in [6, 6.07) is 1.12. The summed E-state index contributed by atoms with van der Waals surface area (Å²) in [6.45, 7) is 0. The summed E-state index contributed by atoms with van der Waals surface area (Å²) in [7, 11) is 1.06. The second kappa shape index (κ2) is 5.03. The molecule has 0 aliphatic rings. The lowest BCUT2D eigenvalue weighted by Crippen LogP contribution is -2.17. The van der Waals surface area contributed by atoms with Gasteiger partial charge in [0.05, 0.1) is 26.9 Å². The van der Waals surface area contributed by atoms with Gasteiger partial charge in [-0.05, 0) is 0 Å². The number of carbonyl (C=O) groups excluding carboxylic acids is 1. The van der Waals surface area contributed by atoms with Gasteiger partial charge in [0.1, 0.15) is 0 Å². The second-order valence-corrected chi connectivity index (χ2v) is 3.32. The number of nitro groups is 3. The zero-order valence-corrected chi connectivity index (χ0v) is 9.38. The van der Waals surface area contributed by atoms with Crippen LogP contribution in [0, 0.1) is 30.3 Å². The summed E-state index contributed by atoms with van der Waals surface area (Å²) in [5.41, 5.74) is -3.21. The normalized spacial score (nSPS) is 9.74. The summed E-state index contributed by atoms with van der Waals surface area (Å²) < 4.78 is 0. The predicted octanol–water partition coefficient (Wildman–Crippen LogP) is 1.00. The highest BCUT2D eigenvalue weighted by Gasteiger charge is 2.32. The van der Waals surface area contributed by atoms with Crippen molar-refractivity contribution < 1.29 is 19.6 Å². The molecule has 0 saturated heterocycles. The molecule has 0 atom stereocenters. The van der Waals surface area contributed by atoms with Gasteiger partial charge in [0.15, 0.2) is 0 Å². The Kier molecular flexibility index (Phi) is 3.70. The molecule has 0 N–H and O–H groups in total. The number of rotatable bonds is 5. The van der Waals surface area contributed by atoms with E-state index in [0.29, 0.717) is 17.0 Å². The van der Waals surface area contributed by atoms with Crippen molar-refractivity contribution in [1.82, 2.24) is 0 Å². The number of carbonyl (C=O) groups is 1. The molecule has 1 aromatic carbocycles. The molecular weight excluding hydrogens is 264 g/mol. The lowest BCUT2D eigenvalue weighted by atomic mass is 10.2. The van der Waals surface area contributed by atoms with Crippen LogP contribution in [0.25, 0.3) is 0 Å². The van der Waals surface area contributed by atoms with Crippen molar-refractivity contribution in [2.45, 2.75) is 0 Å². The standard InChI is InChI=1S/C8H6N4O7/c1-9(4-13)8-6(11(16)17)2-5(10(14)15)3-7(8)12(18)19/h2-4H,1H3. The minimum absolute atomic E-state index is 0.126. The number of hydrogen-bond acceptors (Lipinski definition) is 7. The molecular formula is C8H6N4O7. The van der Waals surface area contributed by atoms with Crippen LogP contribution in [0.1, 0.15) is 0 Å². The highest BCUT2D eigenvalue weighted by Crippen LogP contribution is 2.39. The summed E-state index contributed by atoms with van der Waals surface area (Å²) in [6.07, 6.45) is 0.126. The van der Waals surface area contributed by atoms with Crippen LogP contribution in [0.3, 0.4) is 0 Å². The Morgan fingerprint density at radius 3 is 1.68 bits per heavy atom. The van der Waals surface area contributed by atoms with Gasteiger partial charge in [-0.1, -0.05) is 0 Å². The van der Waals surface area contributed by atoms with E-state index in [4.69, 9.17) is 0 Å². The molecule has 0 aliphatic carbocycles. The zero-order valence-electron chi connectivity index (χ0n) is 9.38. The maximum Gasteiger partial charge on any atom is 0.306 e. The van der Waals surface area contributed by atoms with Crippen LogP contribution in [-0.2, 0) is 4.79 Å². The fourth-order valence-corrected chi connectivity index (χ4v) is 1.39. The van der Waals surface area contributed by atoms with Crippen LogP contribution in [0.15, 0.2) is 12.1 Å². The predicted molar refractivity (Wildman–Crippen MR) is 60.9 cm³/mol. The van der Waals surface area contributed by atoms with Gasteiger partial charge in [-0.2, -0.15) is 0 Å². The Morgan fingerprint density at radius 1 is 1.00 bits per heavy atom. The second-order valence-electron chi connectivity index (χ2n) is 3.32. The SMILES string of the molecule is CN(C=O)c1c([N+](=O)[O-])cc([N+](=O)[O-])cc1[N+](=O)[O-]. The molecule has 1 aromatic rings. The van der Waals surface area contributed by atoms with Gasteiger partial charge in [0, 0.05) is 7.05 Å². The fourth-order valence-electron chi connectivity index (χ4n) is 1.39. The van der Waals surface area contributed by atoms with Gasteiger partial charge in [-0.3, -0.25) is 35.1 Å². The van der Waals surface area contributed by atoms with Crippen molar-refractivity contribution in [1.29, 1.82) is 0 Å². The molecule has 0 aromatic heterocycles. The van der Waals surface area contributed by atoms with Gasteiger partial charge >= 0.3 is 11.4 Å². The molecule has 0 saturated carbocycles. The van der Waals surface area contributed by atoms with Crippen LogP contribution in [0.5, 0.6) is 0 Å². The van der Waals surface area contributed by atoms with Crippen molar-refractivity contribution >= 4 is 29.2 Å². The van der Waals surface area contributed by atoms with E-state index < -0.39 is 37.5 Å². The van der Waals surface area contributed by atoms with Gasteiger partial charge in [-0.25, -0.2) is 0 Å². The monoisotopic (exact) mass is 270 g/mol. The third-order valence-electron chi connectivity index (χ3n) is 2.17. The zero-order chi connectivity index (χ0) is 14.7. The van der Waals surface area contributed by atoms with Crippen molar-refractivity contribution in [2.75, 3.05) is 11.9 Å². The van der Waals surface area contributed by atoms with Gasteiger partial charge in [-0.15, -0.1) is 0 Å². The highest BCUT2D eigenvalue weighted by molar-refractivity contribution is 5.87. The Morgan fingerprint density at radius 2 is 1.42 bits per heavy atom. The van der Waals surface area contributed by atoms with Gasteiger partial charge < -0.3 is 4.90 Å². The molecule has 1 amide bonds. The molecule has 0 fully saturated rings. The van der Waals surface area contributed by atoms with Crippen LogP contribution in [0.4, 0.5) is 22.7 Å². The van der Waals surface area contributed by atoms with Crippen LogP contribution >= 0.6 is 0 Å². The van der Waals surface area contributed by atoms with E-state index in [0.717, 1.165) is 7.05 Å². The third-order valence-corrected chi connectivity index (χ3v) is 2.17. The molecule has 0 spiro atoms. The van der Waals surface area contributed by atoms with E-state index in [2.05, 4.69) is 0 Å². The van der Waals surface area contributed by atoms with Crippen molar-refractivity contribution in [3.63, 3.8) is 0 Å². The smallest absolute Gasteiger partial charge is 0.306 e. The van der Waals surface area contributed by atoms with E-state index in [1.807, 2.05) is 0 Å². The Balaban J connectivity index is 3.75. The minimum Gasteiger partial charge on any atom is -0.306 e. The van der Waals surface area contributed by atoms with Crippen LogP contribution in [0.2, 0.25) is 0 Å². The lowest BCUT2D eigenvalue weighted by Gasteiger charge is -2.10. The number of anilines is 1. The number of hydrogen-bond donors (Lipinski definition) is 0. The number of non-ortho nitro benzene ring substituents is 1. The number of benzene rings is 1. The quantitative estimate of drug-likeness (QED) is 0.439. The molecule has 100 valence electrons. The van der Waals surface area contributed by atoms with Gasteiger partial charge in [0.2, 0.25) is 12.1 Å². The van der Waals surface area contributed by atoms with Crippen LogP contribution < -0.4 is 4.90 Å². The largest absolute Gasteiger partial charge is 0.306 e. The molecule has 0 radical (unpaired) electrons. The molecule has 0 heterocycles. The van der Waals surface area contributed by atoms with E-state index in [1.165, 1.54) is 0 Å². The Bertz CT molecular complexity index is 549. The first-order valence-electron chi connectivity index (χ1n) is 4.59. The third kappa shape index (κ3) is 2.59. The summed E-state index contributed by atoms with van der Waals surface area (Å²) in [5.74, 6) is 0. The first kappa shape index (κ1) is 14.0. The molecule has 1 rings (SSSR count). The topological polar surface area (TPSA) is 150 Å². The molecule has 0 unspecified atom stereocenters. The summed E-state index contributed by atoms with van der Waals surface area (Å²) in [5, 5.41) is 32.2.